The third-order valence-corrected chi connectivity index (χ3v) is 4.35. The largest absolute Gasteiger partial charge is 0.508 e. The zero-order chi connectivity index (χ0) is 22.3. The minimum atomic E-state index is -0.404. The van der Waals surface area contributed by atoms with Crippen LogP contribution in [0.25, 0.3) is 0 Å². The molecule has 4 aromatic rings. The molecule has 7 nitrogen and oxygen atoms in total. The standard InChI is InChI=1S/C25H20N2O5/c28-19-6-12-22(13-7-19)31-21-10-4-17(5-11-21)26-25(30)27-18-2-1-3-24(16-18)32-23-14-8-20(29)9-15-23/h1-16,28-29H,(H2,26,27,30). The van der Waals surface area contributed by atoms with Gasteiger partial charge in [0.15, 0.2) is 0 Å². The van der Waals surface area contributed by atoms with E-state index in [9.17, 15) is 15.0 Å². The van der Waals surface area contributed by atoms with Crippen molar-refractivity contribution >= 4 is 17.4 Å². The lowest BCUT2D eigenvalue weighted by Gasteiger charge is -2.11. The van der Waals surface area contributed by atoms with Gasteiger partial charge in [-0.25, -0.2) is 4.79 Å². The van der Waals surface area contributed by atoms with Crippen LogP contribution >= 0.6 is 0 Å². The summed E-state index contributed by atoms with van der Waals surface area (Å²) in [4.78, 5) is 12.4. The number of nitrogens with one attached hydrogen (secondary N) is 2. The molecule has 4 rings (SSSR count). The molecule has 7 heteroatoms. The first-order chi connectivity index (χ1) is 15.5. The smallest absolute Gasteiger partial charge is 0.323 e. The summed E-state index contributed by atoms with van der Waals surface area (Å²) >= 11 is 0. The first kappa shape index (κ1) is 20.6. The SMILES string of the molecule is O=C(Nc1ccc(Oc2ccc(O)cc2)cc1)Nc1cccc(Oc2ccc(O)cc2)c1. The van der Waals surface area contributed by atoms with E-state index >= 15 is 0 Å². The lowest BCUT2D eigenvalue weighted by Crippen LogP contribution is -2.19. The number of carbonyl (C=O) groups excluding carboxylic acids is 1. The van der Waals surface area contributed by atoms with E-state index in [0.29, 0.717) is 34.4 Å². The van der Waals surface area contributed by atoms with Crippen LogP contribution in [0.15, 0.2) is 97.1 Å². The zero-order valence-electron chi connectivity index (χ0n) is 16.9. The highest BCUT2D eigenvalue weighted by atomic mass is 16.5. The Kier molecular flexibility index (Phi) is 6.08. The summed E-state index contributed by atoms with van der Waals surface area (Å²) in [5.74, 6) is 2.63. The van der Waals surface area contributed by atoms with Crippen LogP contribution < -0.4 is 20.1 Å². The van der Waals surface area contributed by atoms with Crippen molar-refractivity contribution in [3.63, 3.8) is 0 Å². The van der Waals surface area contributed by atoms with Gasteiger partial charge in [-0.1, -0.05) is 6.07 Å². The molecular formula is C25H20N2O5. The number of phenols is 2. The maximum atomic E-state index is 12.4. The summed E-state index contributed by atoms with van der Waals surface area (Å²) in [6.07, 6.45) is 0. The first-order valence-electron chi connectivity index (χ1n) is 9.75. The Labute approximate surface area is 184 Å². The Balaban J connectivity index is 1.33. The predicted molar refractivity (Wildman–Crippen MR) is 122 cm³/mol. The number of rotatable bonds is 6. The summed E-state index contributed by atoms with van der Waals surface area (Å²) in [6.45, 7) is 0. The Morgan fingerprint density at radius 2 is 1.03 bits per heavy atom. The van der Waals surface area contributed by atoms with Gasteiger partial charge in [0.2, 0.25) is 0 Å². The van der Waals surface area contributed by atoms with Gasteiger partial charge in [-0.15, -0.1) is 0 Å². The molecule has 0 aliphatic carbocycles. The molecule has 0 aliphatic heterocycles. The molecule has 0 saturated heterocycles. The molecular weight excluding hydrogens is 408 g/mol. The van der Waals surface area contributed by atoms with Crippen molar-refractivity contribution in [2.45, 2.75) is 0 Å². The number of aromatic hydroxyl groups is 2. The maximum absolute atomic E-state index is 12.4. The number of hydrogen-bond acceptors (Lipinski definition) is 5. The molecule has 0 atom stereocenters. The minimum Gasteiger partial charge on any atom is -0.508 e. The Bertz CT molecular complexity index is 1190. The van der Waals surface area contributed by atoms with E-state index in [1.54, 1.807) is 84.9 Å². The molecule has 0 bridgehead atoms. The molecule has 0 unspecified atom stereocenters. The molecule has 0 spiro atoms. The van der Waals surface area contributed by atoms with Crippen molar-refractivity contribution in [1.29, 1.82) is 0 Å². The van der Waals surface area contributed by atoms with Crippen LogP contribution in [-0.2, 0) is 0 Å². The van der Waals surface area contributed by atoms with Gasteiger partial charge in [-0.3, -0.25) is 0 Å². The lowest BCUT2D eigenvalue weighted by atomic mass is 10.3. The molecule has 0 saturated carbocycles. The maximum Gasteiger partial charge on any atom is 0.323 e. The van der Waals surface area contributed by atoms with Gasteiger partial charge in [-0.05, 0) is 84.9 Å². The van der Waals surface area contributed by atoms with Crippen LogP contribution in [0.4, 0.5) is 16.2 Å². The van der Waals surface area contributed by atoms with Gasteiger partial charge in [0.05, 0.1) is 0 Å². The number of benzene rings is 4. The van der Waals surface area contributed by atoms with E-state index in [2.05, 4.69) is 10.6 Å². The monoisotopic (exact) mass is 428 g/mol. The van der Waals surface area contributed by atoms with Crippen LogP contribution in [-0.4, -0.2) is 16.2 Å². The van der Waals surface area contributed by atoms with Gasteiger partial charge < -0.3 is 30.3 Å². The zero-order valence-corrected chi connectivity index (χ0v) is 16.9. The van der Waals surface area contributed by atoms with E-state index in [1.807, 2.05) is 0 Å². The molecule has 0 aromatic heterocycles. The second kappa shape index (κ2) is 9.44. The number of amides is 2. The molecule has 160 valence electrons. The molecule has 0 aliphatic rings. The fourth-order valence-corrected chi connectivity index (χ4v) is 2.84. The van der Waals surface area contributed by atoms with E-state index in [-0.39, 0.29) is 11.5 Å². The summed E-state index contributed by atoms with van der Waals surface area (Å²) in [6, 6.07) is 26.2. The highest BCUT2D eigenvalue weighted by Crippen LogP contribution is 2.27. The van der Waals surface area contributed by atoms with E-state index in [4.69, 9.17) is 9.47 Å². The molecule has 0 radical (unpaired) electrons. The average Bonchev–Trinajstić information content (AvgIpc) is 2.78. The van der Waals surface area contributed by atoms with Crippen LogP contribution in [0.3, 0.4) is 0 Å². The number of urea groups is 1. The van der Waals surface area contributed by atoms with Crippen LogP contribution in [0.2, 0.25) is 0 Å². The van der Waals surface area contributed by atoms with Gasteiger partial charge >= 0.3 is 6.03 Å². The normalized spacial score (nSPS) is 10.2. The van der Waals surface area contributed by atoms with Crippen LogP contribution in [0.1, 0.15) is 0 Å². The van der Waals surface area contributed by atoms with Crippen molar-refractivity contribution < 1.29 is 24.5 Å². The third-order valence-electron chi connectivity index (χ3n) is 4.35. The molecule has 32 heavy (non-hydrogen) atoms. The fraction of sp³-hybridized carbons (Fsp3) is 0. The van der Waals surface area contributed by atoms with Gasteiger partial charge in [-0.2, -0.15) is 0 Å². The Morgan fingerprint density at radius 1 is 0.562 bits per heavy atom. The topological polar surface area (TPSA) is 100 Å². The number of hydrogen-bond donors (Lipinski definition) is 4. The molecule has 4 aromatic carbocycles. The summed E-state index contributed by atoms with van der Waals surface area (Å²) < 4.78 is 11.4. The fourth-order valence-electron chi connectivity index (χ4n) is 2.84. The summed E-state index contributed by atoms with van der Waals surface area (Å²) in [5.41, 5.74) is 1.16. The average molecular weight is 428 g/mol. The highest BCUT2D eigenvalue weighted by molar-refractivity contribution is 5.99. The lowest BCUT2D eigenvalue weighted by molar-refractivity contribution is 0.262. The van der Waals surface area contributed by atoms with Crippen LogP contribution in [0, 0.1) is 0 Å². The first-order valence-corrected chi connectivity index (χ1v) is 9.75. The quantitative estimate of drug-likeness (QED) is 0.288. The number of phenolic OH excluding ortho intramolecular Hbond substituents is 2. The Morgan fingerprint density at radius 3 is 1.59 bits per heavy atom. The summed E-state index contributed by atoms with van der Waals surface area (Å²) in [7, 11) is 0. The molecule has 0 fully saturated rings. The van der Waals surface area contributed by atoms with Crippen molar-refractivity contribution in [3.05, 3.63) is 97.1 Å². The van der Waals surface area contributed by atoms with Crippen molar-refractivity contribution in [2.75, 3.05) is 10.6 Å². The van der Waals surface area contributed by atoms with Crippen molar-refractivity contribution in [1.82, 2.24) is 0 Å². The number of carbonyl (C=O) groups is 1. The second-order valence-corrected chi connectivity index (χ2v) is 6.82. The third kappa shape index (κ3) is 5.70. The van der Waals surface area contributed by atoms with Gasteiger partial charge in [0.1, 0.15) is 34.5 Å². The summed E-state index contributed by atoms with van der Waals surface area (Å²) in [5, 5.41) is 24.2. The molecule has 4 N–H and O–H groups in total. The predicted octanol–water partition coefficient (Wildman–Crippen LogP) is 6.33. The van der Waals surface area contributed by atoms with Crippen LogP contribution in [0.5, 0.6) is 34.5 Å². The van der Waals surface area contributed by atoms with Crippen molar-refractivity contribution in [2.24, 2.45) is 0 Å². The second-order valence-electron chi connectivity index (χ2n) is 6.82. The van der Waals surface area contributed by atoms with E-state index in [0.717, 1.165) is 0 Å². The van der Waals surface area contributed by atoms with Gasteiger partial charge in [0, 0.05) is 17.4 Å². The number of ether oxygens (including phenoxy) is 2. The molecule has 0 heterocycles. The van der Waals surface area contributed by atoms with Gasteiger partial charge in [0.25, 0.3) is 0 Å². The molecule has 2 amide bonds. The highest BCUT2D eigenvalue weighted by Gasteiger charge is 2.06. The van der Waals surface area contributed by atoms with E-state index < -0.39 is 6.03 Å². The Hall–Kier alpha value is -4.65. The van der Waals surface area contributed by atoms with E-state index in [1.165, 1.54) is 12.1 Å². The number of anilines is 2. The minimum absolute atomic E-state index is 0.157. The van der Waals surface area contributed by atoms with Crippen molar-refractivity contribution in [3.8, 4) is 34.5 Å².